The van der Waals surface area contributed by atoms with Gasteiger partial charge in [0.1, 0.15) is 0 Å². The van der Waals surface area contributed by atoms with Crippen LogP contribution in [-0.4, -0.2) is 19.5 Å². The summed E-state index contributed by atoms with van der Waals surface area (Å²) in [5, 5.41) is 8.38. The monoisotopic (exact) mass is 652 g/mol. The maximum absolute atomic E-state index is 14.3. The van der Waals surface area contributed by atoms with Crippen LogP contribution in [-0.2, 0) is 5.41 Å². The number of fused-ring (bicyclic) bond motifs is 11. The van der Waals surface area contributed by atoms with Crippen LogP contribution in [0.1, 0.15) is 25.0 Å². The molecule has 0 bridgehead atoms. The maximum Gasteiger partial charge on any atom is 0.314 e. The van der Waals surface area contributed by atoms with Gasteiger partial charge in [0.05, 0.1) is 11.0 Å². The maximum atomic E-state index is 14.3. The van der Waals surface area contributed by atoms with Crippen LogP contribution in [0.4, 0.5) is 8.78 Å². The number of para-hydroxylation sites is 1. The summed E-state index contributed by atoms with van der Waals surface area (Å²) < 4.78 is 30.1. The molecule has 2 heterocycles. The molecule has 10 rings (SSSR count). The van der Waals surface area contributed by atoms with Gasteiger partial charge in [-0.05, 0) is 103 Å². The molecule has 0 atom stereocenters. The van der Waals surface area contributed by atoms with Crippen LogP contribution < -0.4 is 5.43 Å². The van der Waals surface area contributed by atoms with Gasteiger partial charge in [0, 0.05) is 27.4 Å². The fourth-order valence-electron chi connectivity index (χ4n) is 8.18. The quantitative estimate of drug-likeness (QED) is 0.138. The van der Waals surface area contributed by atoms with E-state index in [9.17, 15) is 13.6 Å². The molecule has 0 fully saturated rings. The molecule has 50 heavy (non-hydrogen) atoms. The summed E-state index contributed by atoms with van der Waals surface area (Å²) in [6, 6.07) is 40.7. The van der Waals surface area contributed by atoms with Crippen molar-refractivity contribution in [3.05, 3.63) is 155 Å². The Bertz CT molecular complexity index is 3000. The van der Waals surface area contributed by atoms with Crippen LogP contribution in [0.25, 0.3) is 82.3 Å². The number of hydrogen-bond acceptors (Lipinski definition) is 4. The highest BCUT2D eigenvalue weighted by Gasteiger charge is 2.37. The van der Waals surface area contributed by atoms with Gasteiger partial charge >= 0.3 is 12.2 Å². The Labute approximate surface area is 284 Å². The molecule has 1 aliphatic rings. The van der Waals surface area contributed by atoms with Crippen molar-refractivity contribution >= 4 is 54.1 Å². The van der Waals surface area contributed by atoms with Crippen molar-refractivity contribution in [2.45, 2.75) is 19.3 Å². The zero-order chi connectivity index (χ0) is 33.9. The van der Waals surface area contributed by atoms with E-state index in [1.54, 1.807) is 18.2 Å². The van der Waals surface area contributed by atoms with Crippen LogP contribution in [0.2, 0.25) is 0 Å². The Morgan fingerprint density at radius 3 is 1.72 bits per heavy atom. The molecule has 1 aliphatic carbocycles. The molecule has 238 valence electrons. The van der Waals surface area contributed by atoms with Crippen molar-refractivity contribution in [1.29, 1.82) is 0 Å². The lowest BCUT2D eigenvalue weighted by molar-refractivity contribution is 0.457. The van der Waals surface area contributed by atoms with Gasteiger partial charge in [0.15, 0.2) is 11.3 Å². The van der Waals surface area contributed by atoms with E-state index in [-0.39, 0.29) is 16.7 Å². The average Bonchev–Trinajstić information content (AvgIpc) is 3.35. The van der Waals surface area contributed by atoms with Crippen molar-refractivity contribution in [2.75, 3.05) is 0 Å². The van der Waals surface area contributed by atoms with Crippen LogP contribution in [0.15, 0.2) is 126 Å². The first-order valence-corrected chi connectivity index (χ1v) is 16.5. The Balaban J connectivity index is 1.29. The lowest BCUT2D eigenvalue weighted by atomic mass is 9.81. The molecule has 5 nitrogen and oxygen atoms in total. The second-order valence-electron chi connectivity index (χ2n) is 13.5. The Morgan fingerprint density at radius 2 is 1.06 bits per heavy atom. The molecule has 0 radical (unpaired) electrons. The number of pyridine rings is 1. The van der Waals surface area contributed by atoms with E-state index < -0.39 is 12.2 Å². The predicted octanol–water partition coefficient (Wildman–Crippen LogP) is 10.0. The SMILES string of the molecule is CC1(C)c2cc3c4ccccc4c4ccccc4c3cc2-c2cc3c(=O)c4ccccc4n(-c4cccc(-c5nc(F)nc(F)n5)c4)c3cc21. The average molecular weight is 653 g/mol. The van der Waals surface area contributed by atoms with E-state index in [0.29, 0.717) is 27.5 Å². The third kappa shape index (κ3) is 3.91. The highest BCUT2D eigenvalue weighted by molar-refractivity contribution is 6.26. The van der Waals surface area contributed by atoms with Gasteiger partial charge in [-0.2, -0.15) is 23.7 Å². The number of hydrogen-bond donors (Lipinski definition) is 0. The van der Waals surface area contributed by atoms with Crippen molar-refractivity contribution < 1.29 is 8.78 Å². The van der Waals surface area contributed by atoms with Crippen LogP contribution in [0.3, 0.4) is 0 Å². The Hall–Kier alpha value is -6.34. The van der Waals surface area contributed by atoms with E-state index in [0.717, 1.165) is 22.2 Å². The van der Waals surface area contributed by atoms with E-state index in [1.165, 1.54) is 37.9 Å². The van der Waals surface area contributed by atoms with Gasteiger partial charge < -0.3 is 4.57 Å². The summed E-state index contributed by atoms with van der Waals surface area (Å²) in [7, 11) is 0. The third-order valence-electron chi connectivity index (χ3n) is 10.5. The van der Waals surface area contributed by atoms with E-state index in [1.807, 2.05) is 34.9 Å². The molecule has 7 aromatic carbocycles. The zero-order valence-corrected chi connectivity index (χ0v) is 27.0. The van der Waals surface area contributed by atoms with Gasteiger partial charge in [-0.3, -0.25) is 4.79 Å². The molecule has 0 spiro atoms. The molecule has 0 saturated heterocycles. The Kier molecular flexibility index (Phi) is 5.78. The van der Waals surface area contributed by atoms with Gasteiger partial charge in [-0.1, -0.05) is 86.6 Å². The zero-order valence-electron chi connectivity index (χ0n) is 27.0. The topological polar surface area (TPSA) is 60.7 Å². The molecule has 7 heteroatoms. The minimum absolute atomic E-state index is 0.0593. The third-order valence-corrected chi connectivity index (χ3v) is 10.5. The summed E-state index contributed by atoms with van der Waals surface area (Å²) in [5.41, 5.74) is 6.61. The summed E-state index contributed by atoms with van der Waals surface area (Å²) in [6.07, 6.45) is -2.38. The number of halogens is 2. The standard InChI is InChI=1S/C43H26F2N4O/c1-43(2)35-21-31-28-15-6-4-13-26(28)25-12-3-5-14-27(25)30(31)19-32(35)33-20-34-38(22-36(33)43)49(37-17-8-7-16-29(37)39(34)50)24-11-9-10-23(18-24)40-46-41(44)48-42(45)47-40/h3-22H,1-2H3. The van der Waals surface area contributed by atoms with Crippen molar-refractivity contribution in [2.24, 2.45) is 0 Å². The van der Waals surface area contributed by atoms with E-state index in [4.69, 9.17) is 0 Å². The van der Waals surface area contributed by atoms with Crippen LogP contribution >= 0.6 is 0 Å². The lowest BCUT2D eigenvalue weighted by Crippen LogP contribution is -2.16. The smallest absolute Gasteiger partial charge is 0.309 e. The second-order valence-corrected chi connectivity index (χ2v) is 13.5. The molecular formula is C43H26F2N4O. The lowest BCUT2D eigenvalue weighted by Gasteiger charge is -2.23. The Morgan fingerprint density at radius 1 is 0.520 bits per heavy atom. The molecular weight excluding hydrogens is 626 g/mol. The highest BCUT2D eigenvalue weighted by atomic mass is 19.1. The molecule has 0 unspecified atom stereocenters. The number of aromatic nitrogens is 4. The van der Waals surface area contributed by atoms with Crippen LogP contribution in [0, 0.1) is 12.2 Å². The van der Waals surface area contributed by atoms with Gasteiger partial charge in [0.2, 0.25) is 0 Å². The van der Waals surface area contributed by atoms with E-state index in [2.05, 4.69) is 102 Å². The highest BCUT2D eigenvalue weighted by Crippen LogP contribution is 2.52. The number of rotatable bonds is 2. The molecule has 0 saturated carbocycles. The molecule has 2 aromatic heterocycles. The molecule has 0 aliphatic heterocycles. The minimum atomic E-state index is -1.19. The second kappa shape index (κ2) is 10.1. The number of benzene rings is 7. The predicted molar refractivity (Wildman–Crippen MR) is 196 cm³/mol. The normalized spacial score (nSPS) is 13.4. The number of nitrogens with zero attached hydrogens (tertiary/aromatic N) is 4. The summed E-state index contributed by atoms with van der Waals surface area (Å²) in [5.74, 6) is -0.115. The van der Waals surface area contributed by atoms with Gasteiger partial charge in [-0.15, -0.1) is 0 Å². The van der Waals surface area contributed by atoms with E-state index >= 15 is 0 Å². The van der Waals surface area contributed by atoms with Crippen molar-refractivity contribution in [3.8, 4) is 28.2 Å². The first-order chi connectivity index (χ1) is 24.3. The first-order valence-electron chi connectivity index (χ1n) is 16.5. The summed E-state index contributed by atoms with van der Waals surface area (Å²) >= 11 is 0. The van der Waals surface area contributed by atoms with Gasteiger partial charge in [0.25, 0.3) is 0 Å². The summed E-state index contributed by atoms with van der Waals surface area (Å²) in [6.45, 7) is 4.49. The first kappa shape index (κ1) is 28.7. The van der Waals surface area contributed by atoms with Crippen molar-refractivity contribution in [1.82, 2.24) is 19.5 Å². The van der Waals surface area contributed by atoms with Crippen molar-refractivity contribution in [3.63, 3.8) is 0 Å². The fraction of sp³-hybridized carbons (Fsp3) is 0.0698. The fourth-order valence-corrected chi connectivity index (χ4v) is 8.18. The van der Waals surface area contributed by atoms with Gasteiger partial charge in [-0.25, -0.2) is 0 Å². The minimum Gasteiger partial charge on any atom is -0.309 e. The van der Waals surface area contributed by atoms with Crippen LogP contribution in [0.5, 0.6) is 0 Å². The summed E-state index contributed by atoms with van der Waals surface area (Å²) in [4.78, 5) is 24.8. The largest absolute Gasteiger partial charge is 0.314 e. The molecule has 0 amide bonds. The molecule has 0 N–H and O–H groups in total. The molecule has 9 aromatic rings.